The summed E-state index contributed by atoms with van der Waals surface area (Å²) in [4.78, 5) is 0. The summed E-state index contributed by atoms with van der Waals surface area (Å²) in [5.74, 6) is 0.866. The van der Waals surface area contributed by atoms with Gasteiger partial charge in [-0.3, -0.25) is 0 Å². The lowest BCUT2D eigenvalue weighted by atomic mass is 10.1. The van der Waals surface area contributed by atoms with E-state index < -0.39 is 0 Å². The smallest absolute Gasteiger partial charge is 0.0656 e. The van der Waals surface area contributed by atoms with E-state index in [2.05, 4.69) is 5.32 Å². The summed E-state index contributed by atoms with van der Waals surface area (Å²) in [7, 11) is 0. The zero-order chi connectivity index (χ0) is 10.1. The third-order valence-corrected chi connectivity index (χ3v) is 2.95. The van der Waals surface area contributed by atoms with Crippen LogP contribution >= 0.6 is 11.6 Å². The molecule has 1 fully saturated rings. The van der Waals surface area contributed by atoms with Crippen LogP contribution in [-0.4, -0.2) is 6.54 Å². The molecule has 3 N–H and O–H groups in total. The van der Waals surface area contributed by atoms with Crippen LogP contribution in [0.25, 0.3) is 0 Å². The van der Waals surface area contributed by atoms with E-state index in [4.69, 9.17) is 17.3 Å². The van der Waals surface area contributed by atoms with E-state index in [9.17, 15) is 0 Å². The molecule has 0 aromatic heterocycles. The molecule has 76 valence electrons. The fourth-order valence-electron chi connectivity index (χ4n) is 1.47. The van der Waals surface area contributed by atoms with Gasteiger partial charge in [0.05, 0.1) is 10.7 Å². The number of hydrogen-bond acceptors (Lipinski definition) is 2. The molecule has 0 atom stereocenters. The zero-order valence-electron chi connectivity index (χ0n) is 8.31. The van der Waals surface area contributed by atoms with E-state index in [1.165, 1.54) is 12.8 Å². The predicted octanol–water partition coefficient (Wildman–Crippen LogP) is 3.05. The van der Waals surface area contributed by atoms with Gasteiger partial charge in [-0.2, -0.15) is 0 Å². The minimum absolute atomic E-state index is 0.633. The van der Waals surface area contributed by atoms with Gasteiger partial charge >= 0.3 is 0 Å². The van der Waals surface area contributed by atoms with Gasteiger partial charge in [0, 0.05) is 12.2 Å². The molecule has 0 spiro atoms. The van der Waals surface area contributed by atoms with Crippen LogP contribution in [0, 0.1) is 12.8 Å². The van der Waals surface area contributed by atoms with Crippen molar-refractivity contribution in [1.29, 1.82) is 0 Å². The molecular weight excluding hydrogens is 196 g/mol. The van der Waals surface area contributed by atoms with Crippen LogP contribution in [0.15, 0.2) is 12.1 Å². The average Bonchev–Trinajstić information content (AvgIpc) is 2.92. The Kier molecular flexibility index (Phi) is 2.55. The summed E-state index contributed by atoms with van der Waals surface area (Å²) in [5, 5.41) is 4.04. The minimum atomic E-state index is 0.633. The normalized spacial score (nSPS) is 15.6. The van der Waals surface area contributed by atoms with Crippen molar-refractivity contribution in [3.05, 3.63) is 22.7 Å². The van der Waals surface area contributed by atoms with Crippen molar-refractivity contribution in [1.82, 2.24) is 0 Å². The molecule has 0 aliphatic heterocycles. The van der Waals surface area contributed by atoms with Crippen molar-refractivity contribution in [3.8, 4) is 0 Å². The highest BCUT2D eigenvalue weighted by molar-refractivity contribution is 6.33. The lowest BCUT2D eigenvalue weighted by Crippen LogP contribution is -2.05. The van der Waals surface area contributed by atoms with Crippen LogP contribution in [0.3, 0.4) is 0 Å². The maximum absolute atomic E-state index is 5.95. The maximum Gasteiger partial charge on any atom is 0.0656 e. The Labute approximate surface area is 89.4 Å². The van der Waals surface area contributed by atoms with Crippen LogP contribution in [0.5, 0.6) is 0 Å². The van der Waals surface area contributed by atoms with Crippen molar-refractivity contribution in [2.24, 2.45) is 5.92 Å². The van der Waals surface area contributed by atoms with E-state index in [0.29, 0.717) is 10.7 Å². The second-order valence-electron chi connectivity index (χ2n) is 4.01. The van der Waals surface area contributed by atoms with E-state index in [-0.39, 0.29) is 0 Å². The monoisotopic (exact) mass is 210 g/mol. The average molecular weight is 211 g/mol. The number of halogens is 1. The van der Waals surface area contributed by atoms with E-state index >= 15 is 0 Å². The number of aryl methyl sites for hydroxylation is 1. The number of hydrogen-bond donors (Lipinski definition) is 2. The van der Waals surface area contributed by atoms with Crippen molar-refractivity contribution < 1.29 is 0 Å². The van der Waals surface area contributed by atoms with Crippen LogP contribution in [0.1, 0.15) is 18.4 Å². The Morgan fingerprint density at radius 2 is 2.21 bits per heavy atom. The van der Waals surface area contributed by atoms with Crippen LogP contribution in [-0.2, 0) is 0 Å². The summed E-state index contributed by atoms with van der Waals surface area (Å²) in [6, 6.07) is 3.83. The molecule has 1 aromatic carbocycles. The molecule has 2 nitrogen and oxygen atoms in total. The lowest BCUT2D eigenvalue weighted by molar-refractivity contribution is 0.888. The first-order valence-corrected chi connectivity index (χ1v) is 5.34. The molecule has 3 heteroatoms. The third kappa shape index (κ3) is 2.13. The summed E-state index contributed by atoms with van der Waals surface area (Å²) < 4.78 is 0. The molecule has 1 aromatic rings. The van der Waals surface area contributed by atoms with Crippen molar-refractivity contribution in [3.63, 3.8) is 0 Å². The van der Waals surface area contributed by atoms with Gasteiger partial charge in [0.2, 0.25) is 0 Å². The molecule has 1 saturated carbocycles. The second kappa shape index (κ2) is 3.70. The summed E-state index contributed by atoms with van der Waals surface area (Å²) in [6.07, 6.45) is 2.71. The highest BCUT2D eigenvalue weighted by atomic mass is 35.5. The lowest BCUT2D eigenvalue weighted by Gasteiger charge is -2.10. The van der Waals surface area contributed by atoms with Gasteiger partial charge in [-0.15, -0.1) is 0 Å². The van der Waals surface area contributed by atoms with Crippen LogP contribution in [0.2, 0.25) is 5.02 Å². The zero-order valence-corrected chi connectivity index (χ0v) is 9.06. The summed E-state index contributed by atoms with van der Waals surface area (Å²) in [6.45, 7) is 3.10. The molecule has 1 aliphatic carbocycles. The van der Waals surface area contributed by atoms with E-state index in [0.717, 1.165) is 23.7 Å². The number of anilines is 2. The van der Waals surface area contributed by atoms with Gasteiger partial charge in [0.15, 0.2) is 0 Å². The fraction of sp³-hybridized carbons (Fsp3) is 0.455. The molecule has 14 heavy (non-hydrogen) atoms. The first-order valence-electron chi connectivity index (χ1n) is 4.96. The number of rotatable bonds is 3. The van der Waals surface area contributed by atoms with Crippen LogP contribution < -0.4 is 11.1 Å². The van der Waals surface area contributed by atoms with Gasteiger partial charge in [-0.1, -0.05) is 11.6 Å². The Bertz CT molecular complexity index is 345. The van der Waals surface area contributed by atoms with E-state index in [1.54, 1.807) is 0 Å². The Morgan fingerprint density at radius 1 is 1.50 bits per heavy atom. The standard InChI is InChI=1S/C11H15ClN2/c1-7-4-10(13)9(12)5-11(7)14-6-8-2-3-8/h4-5,8,14H,2-3,6,13H2,1H3. The Balaban J connectivity index is 2.10. The quantitative estimate of drug-likeness (QED) is 0.753. The first-order chi connectivity index (χ1) is 6.66. The number of nitrogens with two attached hydrogens (primary N) is 1. The highest BCUT2D eigenvalue weighted by Gasteiger charge is 2.20. The number of benzene rings is 1. The Hall–Kier alpha value is -0.890. The minimum Gasteiger partial charge on any atom is -0.398 e. The number of nitrogen functional groups attached to an aromatic ring is 1. The molecular formula is C11H15ClN2. The predicted molar refractivity (Wildman–Crippen MR) is 61.8 cm³/mol. The van der Waals surface area contributed by atoms with Gasteiger partial charge in [-0.25, -0.2) is 0 Å². The third-order valence-electron chi connectivity index (χ3n) is 2.62. The molecule has 0 bridgehead atoms. The second-order valence-corrected chi connectivity index (χ2v) is 4.42. The summed E-state index contributed by atoms with van der Waals surface area (Å²) >= 11 is 5.95. The van der Waals surface area contributed by atoms with Gasteiger partial charge in [0.25, 0.3) is 0 Å². The van der Waals surface area contributed by atoms with E-state index in [1.807, 2.05) is 19.1 Å². The molecule has 1 aliphatic rings. The molecule has 0 saturated heterocycles. The van der Waals surface area contributed by atoms with Crippen molar-refractivity contribution in [2.45, 2.75) is 19.8 Å². The number of nitrogens with one attached hydrogen (secondary N) is 1. The highest BCUT2D eigenvalue weighted by Crippen LogP contribution is 2.31. The van der Waals surface area contributed by atoms with Gasteiger partial charge in [0.1, 0.15) is 0 Å². The summed E-state index contributed by atoms with van der Waals surface area (Å²) in [5.41, 5.74) is 8.62. The van der Waals surface area contributed by atoms with Crippen molar-refractivity contribution in [2.75, 3.05) is 17.6 Å². The molecule has 2 rings (SSSR count). The first kappa shape index (κ1) is 9.66. The fourth-order valence-corrected chi connectivity index (χ4v) is 1.63. The molecule has 0 radical (unpaired) electrons. The molecule has 0 heterocycles. The molecule has 0 amide bonds. The van der Waals surface area contributed by atoms with Gasteiger partial charge < -0.3 is 11.1 Å². The van der Waals surface area contributed by atoms with Gasteiger partial charge in [-0.05, 0) is 43.4 Å². The topological polar surface area (TPSA) is 38.0 Å². The maximum atomic E-state index is 5.95. The largest absolute Gasteiger partial charge is 0.398 e. The SMILES string of the molecule is Cc1cc(N)c(Cl)cc1NCC1CC1. The van der Waals surface area contributed by atoms with Crippen molar-refractivity contribution >= 4 is 23.0 Å². The Morgan fingerprint density at radius 3 is 2.86 bits per heavy atom. The van der Waals surface area contributed by atoms with Crippen LogP contribution in [0.4, 0.5) is 11.4 Å². The molecule has 0 unspecified atom stereocenters.